The maximum Gasteiger partial charge on any atom is 0.446 e. The number of hydrogen-bond donors (Lipinski definition) is 1. The molecule has 0 bridgehead atoms. The van der Waals surface area contributed by atoms with Crippen molar-refractivity contribution in [3.8, 4) is 0 Å². The Kier molecular flexibility index (Phi) is 6.67. The molecule has 1 aromatic carbocycles. The Morgan fingerprint density at radius 2 is 1.94 bits per heavy atom. The maximum atomic E-state index is 12.3. The molecule has 6 heteroatoms. The summed E-state index contributed by atoms with van der Waals surface area (Å²) in [5, 5.41) is 0. The number of benzene rings is 1. The van der Waals surface area contributed by atoms with Gasteiger partial charge in [0.1, 0.15) is 0 Å². The van der Waals surface area contributed by atoms with E-state index in [1.165, 1.54) is 6.07 Å². The molecule has 0 heterocycles. The maximum absolute atomic E-state index is 12.3. The first-order valence-electron chi connectivity index (χ1n) is 4.65. The van der Waals surface area contributed by atoms with Crippen LogP contribution in [0.15, 0.2) is 41.8 Å². The van der Waals surface area contributed by atoms with E-state index in [2.05, 4.69) is 6.58 Å². The van der Waals surface area contributed by atoms with Gasteiger partial charge in [-0.25, -0.2) is 0 Å². The molecule has 0 saturated heterocycles. The standard InChI is InChI=1S/C11H12F3NS.ClH/c1-2-5-9(15)8-6-3-4-7-10(8)16-11(12,13)14;/h2-4,6-7,9H,1,5,15H2;1H/t9-;/m0./s1. The summed E-state index contributed by atoms with van der Waals surface area (Å²) < 4.78 is 36.8. The molecule has 1 nitrogen and oxygen atoms in total. The molecule has 2 N–H and O–H groups in total. The average Bonchev–Trinajstić information content (AvgIpc) is 2.16. The van der Waals surface area contributed by atoms with Crippen molar-refractivity contribution in [1.29, 1.82) is 0 Å². The quantitative estimate of drug-likeness (QED) is 0.659. The normalized spacial score (nSPS) is 12.7. The van der Waals surface area contributed by atoms with Gasteiger partial charge in [-0.1, -0.05) is 24.3 Å². The summed E-state index contributed by atoms with van der Waals surface area (Å²) in [6.45, 7) is 3.52. The zero-order valence-electron chi connectivity index (χ0n) is 8.91. The molecule has 0 amide bonds. The molecule has 1 rings (SSSR count). The Bertz CT molecular complexity index is 368. The van der Waals surface area contributed by atoms with Gasteiger partial charge >= 0.3 is 5.51 Å². The number of hydrogen-bond acceptors (Lipinski definition) is 2. The number of thioether (sulfide) groups is 1. The topological polar surface area (TPSA) is 26.0 Å². The zero-order valence-corrected chi connectivity index (χ0v) is 10.5. The van der Waals surface area contributed by atoms with Crippen LogP contribution < -0.4 is 5.73 Å². The fourth-order valence-corrected chi connectivity index (χ4v) is 2.04. The predicted molar refractivity (Wildman–Crippen MR) is 67.3 cm³/mol. The third-order valence-electron chi connectivity index (χ3n) is 1.96. The average molecular weight is 284 g/mol. The highest BCUT2D eigenvalue weighted by Crippen LogP contribution is 2.40. The molecule has 0 radical (unpaired) electrons. The number of nitrogens with two attached hydrogens (primary N) is 1. The van der Waals surface area contributed by atoms with Gasteiger partial charge in [0, 0.05) is 10.9 Å². The van der Waals surface area contributed by atoms with Gasteiger partial charge in [0.05, 0.1) is 0 Å². The van der Waals surface area contributed by atoms with Crippen LogP contribution in [0.4, 0.5) is 13.2 Å². The Labute approximate surface area is 109 Å². The SMILES string of the molecule is C=CC[C@H](N)c1ccccc1SC(F)(F)F.Cl. The van der Waals surface area contributed by atoms with E-state index >= 15 is 0 Å². The molecule has 0 aliphatic carbocycles. The highest BCUT2D eigenvalue weighted by molar-refractivity contribution is 8.00. The van der Waals surface area contributed by atoms with Crippen molar-refractivity contribution < 1.29 is 13.2 Å². The summed E-state index contributed by atoms with van der Waals surface area (Å²) >= 11 is -0.133. The van der Waals surface area contributed by atoms with Gasteiger partial charge in [-0.05, 0) is 29.8 Å². The number of alkyl halides is 3. The third kappa shape index (κ3) is 5.48. The second-order valence-electron chi connectivity index (χ2n) is 3.22. The van der Waals surface area contributed by atoms with Crippen molar-refractivity contribution in [3.63, 3.8) is 0 Å². The van der Waals surface area contributed by atoms with Crippen LogP contribution >= 0.6 is 24.2 Å². The van der Waals surface area contributed by atoms with E-state index in [0.717, 1.165) is 0 Å². The largest absolute Gasteiger partial charge is 0.446 e. The molecule has 0 spiro atoms. The second kappa shape index (κ2) is 6.93. The molecular weight excluding hydrogens is 271 g/mol. The van der Waals surface area contributed by atoms with Crippen LogP contribution in [-0.4, -0.2) is 5.51 Å². The van der Waals surface area contributed by atoms with Gasteiger partial charge in [0.15, 0.2) is 0 Å². The Hall–Kier alpha value is -0.650. The lowest BCUT2D eigenvalue weighted by Gasteiger charge is -2.15. The van der Waals surface area contributed by atoms with Gasteiger partial charge in [0.25, 0.3) is 0 Å². The lowest BCUT2D eigenvalue weighted by atomic mass is 10.1. The van der Waals surface area contributed by atoms with Crippen molar-refractivity contribution in [3.05, 3.63) is 42.5 Å². The minimum absolute atomic E-state index is 0. The molecule has 0 fully saturated rings. The first kappa shape index (κ1) is 16.4. The van der Waals surface area contributed by atoms with Crippen LogP contribution in [0.25, 0.3) is 0 Å². The van der Waals surface area contributed by atoms with E-state index in [1.807, 2.05) is 0 Å². The fraction of sp³-hybridized carbons (Fsp3) is 0.273. The van der Waals surface area contributed by atoms with Crippen molar-refractivity contribution in [1.82, 2.24) is 0 Å². The minimum atomic E-state index is -4.29. The highest BCUT2D eigenvalue weighted by atomic mass is 35.5. The van der Waals surface area contributed by atoms with Crippen LogP contribution in [-0.2, 0) is 0 Å². The molecule has 0 aliphatic rings. The first-order chi connectivity index (χ1) is 7.44. The monoisotopic (exact) mass is 283 g/mol. The smallest absolute Gasteiger partial charge is 0.324 e. The lowest BCUT2D eigenvalue weighted by molar-refractivity contribution is -0.0328. The van der Waals surface area contributed by atoms with Crippen LogP contribution in [0.5, 0.6) is 0 Å². The van der Waals surface area contributed by atoms with Gasteiger partial charge in [-0.3, -0.25) is 0 Å². The van der Waals surface area contributed by atoms with E-state index in [0.29, 0.717) is 12.0 Å². The van der Waals surface area contributed by atoms with Crippen molar-refractivity contribution in [2.75, 3.05) is 0 Å². The second-order valence-corrected chi connectivity index (χ2v) is 4.32. The van der Waals surface area contributed by atoms with Crippen molar-refractivity contribution in [2.24, 2.45) is 5.73 Å². The molecule has 0 aromatic heterocycles. The van der Waals surface area contributed by atoms with Crippen LogP contribution in [0.2, 0.25) is 0 Å². The van der Waals surface area contributed by atoms with Gasteiger partial charge in [-0.2, -0.15) is 13.2 Å². The first-order valence-corrected chi connectivity index (χ1v) is 5.47. The summed E-state index contributed by atoms with van der Waals surface area (Å²) in [6.07, 6.45) is 2.05. The van der Waals surface area contributed by atoms with Crippen molar-refractivity contribution in [2.45, 2.75) is 22.9 Å². The fourth-order valence-electron chi connectivity index (χ4n) is 1.31. The molecule has 1 atom stereocenters. The number of rotatable bonds is 4. The van der Waals surface area contributed by atoms with E-state index in [9.17, 15) is 13.2 Å². The molecule has 96 valence electrons. The summed E-state index contributed by atoms with van der Waals surface area (Å²) in [5.74, 6) is 0. The van der Waals surface area contributed by atoms with Gasteiger partial charge in [-0.15, -0.1) is 19.0 Å². The van der Waals surface area contributed by atoms with Gasteiger partial charge in [0.2, 0.25) is 0 Å². The molecule has 17 heavy (non-hydrogen) atoms. The molecular formula is C11H13ClF3NS. The Balaban J connectivity index is 0.00000256. The zero-order chi connectivity index (χ0) is 12.2. The van der Waals surface area contributed by atoms with E-state index in [-0.39, 0.29) is 29.1 Å². The van der Waals surface area contributed by atoms with Gasteiger partial charge < -0.3 is 5.73 Å². The summed E-state index contributed by atoms with van der Waals surface area (Å²) in [4.78, 5) is 0.157. The summed E-state index contributed by atoms with van der Waals surface area (Å²) in [6, 6.07) is 5.85. The van der Waals surface area contributed by atoms with Crippen LogP contribution in [0.1, 0.15) is 18.0 Å². The Morgan fingerprint density at radius 1 is 1.35 bits per heavy atom. The van der Waals surface area contributed by atoms with Crippen LogP contribution in [0.3, 0.4) is 0 Å². The minimum Gasteiger partial charge on any atom is -0.324 e. The van der Waals surface area contributed by atoms with E-state index in [1.54, 1.807) is 24.3 Å². The van der Waals surface area contributed by atoms with Crippen molar-refractivity contribution >= 4 is 24.2 Å². The lowest BCUT2D eigenvalue weighted by Crippen LogP contribution is -2.11. The molecule has 1 aromatic rings. The Morgan fingerprint density at radius 3 is 2.47 bits per heavy atom. The molecule has 0 aliphatic heterocycles. The third-order valence-corrected chi connectivity index (χ3v) is 2.79. The molecule has 0 unspecified atom stereocenters. The summed E-state index contributed by atoms with van der Waals surface area (Å²) in [7, 11) is 0. The molecule has 0 saturated carbocycles. The number of halogens is 4. The predicted octanol–water partition coefficient (Wildman–Crippen LogP) is 4.30. The van der Waals surface area contributed by atoms with E-state index in [4.69, 9.17) is 5.73 Å². The highest BCUT2D eigenvalue weighted by Gasteiger charge is 2.30. The van der Waals surface area contributed by atoms with E-state index < -0.39 is 11.6 Å². The van der Waals surface area contributed by atoms with Crippen LogP contribution in [0, 0.1) is 0 Å². The summed E-state index contributed by atoms with van der Waals surface area (Å²) in [5.41, 5.74) is 1.99.